The summed E-state index contributed by atoms with van der Waals surface area (Å²) in [4.78, 5) is 24.5. The number of carbonyl (C=O) groups is 1. The van der Waals surface area contributed by atoms with Gasteiger partial charge in [-0.2, -0.15) is 0 Å². The second-order valence-electron chi connectivity index (χ2n) is 5.37. The van der Waals surface area contributed by atoms with Crippen molar-refractivity contribution in [1.82, 2.24) is 0 Å². The van der Waals surface area contributed by atoms with Crippen molar-refractivity contribution in [3.8, 4) is 0 Å². The molecule has 0 spiro atoms. The number of piperazine rings is 1. The van der Waals surface area contributed by atoms with E-state index >= 15 is 0 Å². The summed E-state index contributed by atoms with van der Waals surface area (Å²) in [6.07, 6.45) is 0. The van der Waals surface area contributed by atoms with Crippen LogP contribution in [0.4, 0.5) is 4.79 Å². The van der Waals surface area contributed by atoms with E-state index in [4.69, 9.17) is 38.1 Å². The second-order valence-corrected chi connectivity index (χ2v) is 7.60. The molecule has 2 fully saturated rings. The lowest BCUT2D eigenvalue weighted by Crippen LogP contribution is -2.48. The zero-order valence-corrected chi connectivity index (χ0v) is 13.5. The predicted molar refractivity (Wildman–Crippen MR) is 76.1 cm³/mol. The van der Waals surface area contributed by atoms with Gasteiger partial charge in [0.05, 0.1) is 24.8 Å². The number of alkyl halides is 2. The number of quaternary nitrogens is 2. The number of hydrogen-bond donors (Lipinski definition) is 3. The highest BCUT2D eigenvalue weighted by Crippen LogP contribution is 2.34. The minimum atomic E-state index is -4.82. The van der Waals surface area contributed by atoms with Crippen LogP contribution in [0.3, 0.4) is 0 Å². The maximum atomic E-state index is 9.43. The monoisotopic (exact) mass is 350 g/mol. The van der Waals surface area contributed by atoms with Crippen LogP contribution >= 0.6 is 30.8 Å². The van der Waals surface area contributed by atoms with Crippen molar-refractivity contribution in [3.63, 3.8) is 0 Å². The van der Waals surface area contributed by atoms with E-state index in [9.17, 15) is 9.36 Å². The Morgan fingerprint density at radius 2 is 1.30 bits per heavy atom. The zero-order chi connectivity index (χ0) is 15.4. The molecule has 0 unspecified atom stereocenters. The fraction of sp³-hybridized carbons (Fsp3) is 0.900. The molecule has 0 aromatic heterocycles. The number of hydrogen-bond acceptors (Lipinski definition) is 2. The smallest absolute Gasteiger partial charge is 0.433 e. The summed E-state index contributed by atoms with van der Waals surface area (Å²) in [6.45, 7) is 8.90. The number of nitrogens with zero attached hydrogens (tertiary/aromatic N) is 2. The summed E-state index contributed by atoms with van der Waals surface area (Å²) in [5.41, 5.74) is -2.09. The highest BCUT2D eigenvalue weighted by Gasteiger charge is 2.54. The van der Waals surface area contributed by atoms with Gasteiger partial charge in [0, 0.05) is 0 Å². The van der Waals surface area contributed by atoms with Crippen LogP contribution in [0.5, 0.6) is 0 Å². The largest absolute Gasteiger partial charge is 0.472 e. The van der Waals surface area contributed by atoms with E-state index in [1.807, 2.05) is 0 Å². The van der Waals surface area contributed by atoms with Crippen molar-refractivity contribution in [2.24, 2.45) is 0 Å². The molecule has 0 aromatic carbocycles. The number of rotatable bonds is 5. The molecule has 0 aliphatic carbocycles. The molecule has 0 aromatic rings. The van der Waals surface area contributed by atoms with Gasteiger partial charge in [0.25, 0.3) is 0 Å². The van der Waals surface area contributed by atoms with Gasteiger partial charge in [-0.3, -0.25) is 8.97 Å². The van der Waals surface area contributed by atoms with Gasteiger partial charge in [0.15, 0.2) is 0 Å². The summed E-state index contributed by atoms with van der Waals surface area (Å²) >= 11 is 11.7. The van der Waals surface area contributed by atoms with Gasteiger partial charge in [0.1, 0.15) is 26.2 Å². The van der Waals surface area contributed by atoms with Gasteiger partial charge in [-0.1, -0.05) is 0 Å². The highest BCUT2D eigenvalue weighted by molar-refractivity contribution is 7.69. The van der Waals surface area contributed by atoms with E-state index in [1.54, 1.807) is 0 Å². The van der Waals surface area contributed by atoms with Crippen LogP contribution in [0.2, 0.25) is 0 Å². The van der Waals surface area contributed by atoms with Crippen molar-refractivity contribution in [1.29, 1.82) is 0 Å². The average molecular weight is 351 g/mol. The molecule has 2 heterocycles. The van der Waals surface area contributed by atoms with Crippen molar-refractivity contribution in [2.75, 3.05) is 57.7 Å². The van der Waals surface area contributed by atoms with Gasteiger partial charge in [-0.25, -0.2) is 9.36 Å². The minimum Gasteiger partial charge on any atom is -0.472 e. The third-order valence-corrected chi connectivity index (χ3v) is 4.90. The van der Waals surface area contributed by atoms with Crippen molar-refractivity contribution in [2.45, 2.75) is 0 Å². The highest BCUT2D eigenvalue weighted by atomic mass is 35.5. The fourth-order valence-electron chi connectivity index (χ4n) is 2.94. The maximum Gasteiger partial charge on any atom is 0.433 e. The molecule has 20 heavy (non-hydrogen) atoms. The van der Waals surface area contributed by atoms with Crippen LogP contribution in [0.25, 0.3) is 0 Å². The lowest BCUT2D eigenvalue weighted by molar-refractivity contribution is -0.985. The molecule has 2 saturated heterocycles. The van der Waals surface area contributed by atoms with E-state index in [-0.39, 0.29) is 0 Å². The molecule has 7 nitrogen and oxygen atoms in total. The van der Waals surface area contributed by atoms with E-state index in [0.29, 0.717) is 0 Å². The standard InChI is InChI=1S/C9H18Cl2N2.CH3O5P/c10-1-3-12-5-7-13(9-12,4-2-11)8-6-12;2-1(3)7(4,5)6/h1-9H2;(H,2,3)(H2,4,5,6)/q+2;. The Labute approximate surface area is 128 Å². The first-order chi connectivity index (χ1) is 9.19. The van der Waals surface area contributed by atoms with E-state index < -0.39 is 13.3 Å². The summed E-state index contributed by atoms with van der Waals surface area (Å²) in [7, 11) is -4.82. The molecule has 10 heteroatoms. The first kappa shape index (κ1) is 18.2. The molecule has 2 aliphatic heterocycles. The van der Waals surface area contributed by atoms with Gasteiger partial charge in [-0.05, 0) is 0 Å². The Morgan fingerprint density at radius 3 is 1.50 bits per heavy atom. The summed E-state index contributed by atoms with van der Waals surface area (Å²) < 4.78 is 12.0. The summed E-state index contributed by atoms with van der Waals surface area (Å²) in [5, 5.41) is 7.49. The number of carboxylic acid groups (broad SMARTS) is 1. The SMILES string of the molecule is ClCC[N+]12CC[N+](CCCl)(CC1)C2.O=C(O)P(=O)(O)O. The third-order valence-electron chi connectivity index (χ3n) is 4.06. The normalized spacial score (nSPS) is 31.8. The van der Waals surface area contributed by atoms with Crippen LogP contribution in [-0.2, 0) is 4.57 Å². The van der Waals surface area contributed by atoms with Gasteiger partial charge in [0.2, 0.25) is 6.67 Å². The Balaban J connectivity index is 0.000000246. The molecular formula is C10H21Cl2N2O5P+2. The van der Waals surface area contributed by atoms with Crippen LogP contribution in [0.15, 0.2) is 0 Å². The van der Waals surface area contributed by atoms with E-state index in [1.165, 1.54) is 41.8 Å². The molecule has 0 saturated carbocycles. The van der Waals surface area contributed by atoms with Gasteiger partial charge < -0.3 is 14.9 Å². The predicted octanol–water partition coefficient (Wildman–Crippen LogP) is 0.924. The van der Waals surface area contributed by atoms with Crippen LogP contribution in [0.1, 0.15) is 0 Å². The summed E-state index contributed by atoms with van der Waals surface area (Å²) in [5.74, 6) is 1.61. The molecule has 0 atom stereocenters. The van der Waals surface area contributed by atoms with Crippen LogP contribution in [0, 0.1) is 0 Å². The lowest BCUT2D eigenvalue weighted by atomic mass is 10.3. The number of fused-ring (bicyclic) bond motifs is 2. The molecular weight excluding hydrogens is 330 g/mol. The van der Waals surface area contributed by atoms with Gasteiger partial charge >= 0.3 is 13.3 Å². The Kier molecular flexibility index (Phi) is 6.29. The molecule has 0 radical (unpaired) electrons. The first-order valence-electron chi connectivity index (χ1n) is 6.30. The van der Waals surface area contributed by atoms with Crippen molar-refractivity contribution < 1.29 is 33.2 Å². The second kappa shape index (κ2) is 6.92. The Hall–Kier alpha value is 0.120. The Bertz CT molecular complexity index is 375. The quantitative estimate of drug-likeness (QED) is 0.389. The minimum absolute atomic E-state index is 0.806. The van der Waals surface area contributed by atoms with Crippen LogP contribution in [-0.4, -0.2) is 87.3 Å². The fourth-order valence-corrected chi connectivity index (χ4v) is 3.66. The molecule has 2 aliphatic rings. The number of halogens is 2. The Morgan fingerprint density at radius 1 is 1.00 bits per heavy atom. The summed E-state index contributed by atoms with van der Waals surface area (Å²) in [6, 6.07) is 0. The molecule has 3 N–H and O–H groups in total. The maximum absolute atomic E-state index is 9.43. The van der Waals surface area contributed by atoms with Crippen LogP contribution < -0.4 is 0 Å². The molecule has 118 valence electrons. The first-order valence-corrected chi connectivity index (χ1v) is 8.98. The third kappa shape index (κ3) is 4.56. The average Bonchev–Trinajstić information content (AvgIpc) is 2.85. The topological polar surface area (TPSA) is 94.8 Å². The van der Waals surface area contributed by atoms with E-state index in [2.05, 4.69) is 0 Å². The van der Waals surface area contributed by atoms with Crippen molar-refractivity contribution >= 4 is 36.5 Å². The van der Waals surface area contributed by atoms with E-state index in [0.717, 1.165) is 24.8 Å². The lowest BCUT2D eigenvalue weighted by Gasteiger charge is -2.26. The molecule has 2 bridgehead atoms. The van der Waals surface area contributed by atoms with Crippen molar-refractivity contribution in [3.05, 3.63) is 0 Å². The molecule has 2 rings (SSSR count). The van der Waals surface area contributed by atoms with Gasteiger partial charge in [-0.15, -0.1) is 23.2 Å². The zero-order valence-electron chi connectivity index (χ0n) is 11.1. The molecule has 0 amide bonds.